The summed E-state index contributed by atoms with van der Waals surface area (Å²) < 4.78 is 1.72. The molecule has 0 N–H and O–H groups in total. The standard InChI is InChI=1S/C19H25N5O/c1-22-10-4-7-16(22)17-8-5-11-24(17)19(25)15-13-23(2)21-18(15)14-6-3-9-20-12-14/h3,6,9,12-13,16-17H,4-5,7-8,10-11H2,1-2H3/t16-,17-/m1/s1. The Morgan fingerprint density at radius 2 is 1.96 bits per heavy atom. The lowest BCUT2D eigenvalue weighted by molar-refractivity contribution is 0.0665. The highest BCUT2D eigenvalue weighted by molar-refractivity contribution is 6.00. The first-order chi connectivity index (χ1) is 12.1. The van der Waals surface area contributed by atoms with Crippen LogP contribution in [0.5, 0.6) is 0 Å². The number of pyridine rings is 1. The molecule has 2 aliphatic rings. The molecule has 0 bridgehead atoms. The molecule has 0 radical (unpaired) electrons. The summed E-state index contributed by atoms with van der Waals surface area (Å²) in [7, 11) is 4.05. The van der Waals surface area contributed by atoms with Crippen molar-refractivity contribution < 1.29 is 4.79 Å². The van der Waals surface area contributed by atoms with Crippen LogP contribution in [0.25, 0.3) is 11.3 Å². The first kappa shape index (κ1) is 16.3. The van der Waals surface area contributed by atoms with E-state index in [0.29, 0.717) is 17.6 Å². The second-order valence-corrected chi connectivity index (χ2v) is 7.21. The normalized spacial score (nSPS) is 24.2. The van der Waals surface area contributed by atoms with E-state index in [1.54, 1.807) is 17.1 Å². The Labute approximate surface area is 148 Å². The van der Waals surface area contributed by atoms with Gasteiger partial charge < -0.3 is 9.80 Å². The number of aromatic nitrogens is 3. The topological polar surface area (TPSA) is 54.3 Å². The third kappa shape index (κ3) is 2.95. The molecule has 2 aromatic heterocycles. The summed E-state index contributed by atoms with van der Waals surface area (Å²) in [5.41, 5.74) is 2.30. The molecule has 0 aliphatic carbocycles. The second kappa shape index (κ2) is 6.59. The van der Waals surface area contributed by atoms with E-state index in [-0.39, 0.29) is 5.91 Å². The molecular formula is C19H25N5O. The summed E-state index contributed by atoms with van der Waals surface area (Å²) in [4.78, 5) is 22.0. The number of likely N-dealkylation sites (N-methyl/N-ethyl adjacent to an activating group) is 1. The summed E-state index contributed by atoms with van der Waals surface area (Å²) in [5.74, 6) is 0.106. The number of amides is 1. The molecule has 6 nitrogen and oxygen atoms in total. The molecule has 132 valence electrons. The van der Waals surface area contributed by atoms with Crippen molar-refractivity contribution in [2.75, 3.05) is 20.1 Å². The lowest BCUT2D eigenvalue weighted by Gasteiger charge is -2.33. The SMILES string of the molecule is CN1CCC[C@@H]1[C@H]1CCCN1C(=O)c1cn(C)nc1-c1cccnc1. The Morgan fingerprint density at radius 1 is 1.16 bits per heavy atom. The van der Waals surface area contributed by atoms with Crippen LogP contribution in [0.15, 0.2) is 30.7 Å². The van der Waals surface area contributed by atoms with Crippen LogP contribution in [-0.2, 0) is 7.05 Å². The van der Waals surface area contributed by atoms with Gasteiger partial charge in [0.25, 0.3) is 5.91 Å². The van der Waals surface area contributed by atoms with Crippen LogP contribution in [-0.4, -0.2) is 62.7 Å². The van der Waals surface area contributed by atoms with Gasteiger partial charge in [0.1, 0.15) is 5.69 Å². The molecular weight excluding hydrogens is 314 g/mol. The Kier molecular flexibility index (Phi) is 4.29. The molecule has 0 aromatic carbocycles. The fourth-order valence-corrected chi connectivity index (χ4v) is 4.38. The van der Waals surface area contributed by atoms with Crippen LogP contribution in [0.4, 0.5) is 0 Å². The van der Waals surface area contributed by atoms with Gasteiger partial charge in [0.05, 0.1) is 5.56 Å². The summed E-state index contributed by atoms with van der Waals surface area (Å²) in [5, 5.41) is 4.53. The quantitative estimate of drug-likeness (QED) is 0.860. The van der Waals surface area contributed by atoms with Crippen LogP contribution in [0, 0.1) is 0 Å². The van der Waals surface area contributed by atoms with Crippen molar-refractivity contribution in [3.05, 3.63) is 36.3 Å². The van der Waals surface area contributed by atoms with Crippen molar-refractivity contribution in [2.45, 2.75) is 37.8 Å². The van der Waals surface area contributed by atoms with E-state index in [1.807, 2.05) is 25.4 Å². The van der Waals surface area contributed by atoms with Gasteiger partial charge in [-0.3, -0.25) is 14.5 Å². The van der Waals surface area contributed by atoms with Crippen molar-refractivity contribution in [1.29, 1.82) is 0 Å². The lowest BCUT2D eigenvalue weighted by Crippen LogP contribution is -2.47. The van der Waals surface area contributed by atoms with Gasteiger partial charge in [-0.15, -0.1) is 0 Å². The van der Waals surface area contributed by atoms with Gasteiger partial charge in [-0.1, -0.05) is 0 Å². The molecule has 2 aromatic rings. The monoisotopic (exact) mass is 339 g/mol. The first-order valence-corrected chi connectivity index (χ1v) is 9.10. The zero-order valence-corrected chi connectivity index (χ0v) is 14.9. The van der Waals surface area contributed by atoms with Crippen LogP contribution < -0.4 is 0 Å². The van der Waals surface area contributed by atoms with Crippen LogP contribution in [0.3, 0.4) is 0 Å². The molecule has 2 aliphatic heterocycles. The van der Waals surface area contributed by atoms with E-state index in [9.17, 15) is 4.79 Å². The van der Waals surface area contributed by atoms with Gasteiger partial charge in [-0.05, 0) is 51.4 Å². The number of carbonyl (C=O) groups is 1. The molecule has 4 heterocycles. The van der Waals surface area contributed by atoms with Gasteiger partial charge in [-0.2, -0.15) is 5.10 Å². The molecule has 2 fully saturated rings. The van der Waals surface area contributed by atoms with Gasteiger partial charge in [-0.25, -0.2) is 0 Å². The molecule has 0 spiro atoms. The number of aryl methyl sites for hydroxylation is 1. The number of carbonyl (C=O) groups excluding carboxylic acids is 1. The Hall–Kier alpha value is -2.21. The molecule has 2 saturated heterocycles. The van der Waals surface area contributed by atoms with Crippen LogP contribution in [0.2, 0.25) is 0 Å². The highest BCUT2D eigenvalue weighted by Gasteiger charge is 2.39. The zero-order valence-electron chi connectivity index (χ0n) is 14.9. The van der Waals surface area contributed by atoms with Gasteiger partial charge >= 0.3 is 0 Å². The summed E-state index contributed by atoms with van der Waals surface area (Å²) in [6.45, 7) is 1.98. The molecule has 2 atom stereocenters. The van der Waals surface area contributed by atoms with Gasteiger partial charge in [0.2, 0.25) is 0 Å². The van der Waals surface area contributed by atoms with E-state index < -0.39 is 0 Å². The smallest absolute Gasteiger partial charge is 0.258 e. The minimum absolute atomic E-state index is 0.106. The summed E-state index contributed by atoms with van der Waals surface area (Å²) in [6.07, 6.45) is 9.96. The van der Waals surface area contributed by atoms with Crippen molar-refractivity contribution >= 4 is 5.91 Å². The lowest BCUT2D eigenvalue weighted by atomic mass is 10.0. The summed E-state index contributed by atoms with van der Waals surface area (Å²) in [6, 6.07) is 4.65. The Morgan fingerprint density at radius 3 is 2.68 bits per heavy atom. The fraction of sp³-hybridized carbons (Fsp3) is 0.526. The Balaban J connectivity index is 1.65. The van der Waals surface area contributed by atoms with E-state index >= 15 is 0 Å². The van der Waals surface area contributed by atoms with Crippen molar-refractivity contribution in [1.82, 2.24) is 24.6 Å². The Bertz CT molecular complexity index is 756. The zero-order chi connectivity index (χ0) is 17.4. The first-order valence-electron chi connectivity index (χ1n) is 9.10. The average Bonchev–Trinajstić information content (AvgIpc) is 3.34. The number of likely N-dealkylation sites (tertiary alicyclic amines) is 2. The van der Waals surface area contributed by atoms with E-state index in [0.717, 1.165) is 37.2 Å². The van der Waals surface area contributed by atoms with Gasteiger partial charge in [0, 0.05) is 49.8 Å². The van der Waals surface area contributed by atoms with Crippen molar-refractivity contribution in [2.24, 2.45) is 7.05 Å². The maximum Gasteiger partial charge on any atom is 0.258 e. The molecule has 25 heavy (non-hydrogen) atoms. The third-order valence-corrected chi connectivity index (χ3v) is 5.58. The van der Waals surface area contributed by atoms with E-state index in [1.165, 1.54) is 12.8 Å². The highest BCUT2D eigenvalue weighted by atomic mass is 16.2. The van der Waals surface area contributed by atoms with Crippen LogP contribution in [0.1, 0.15) is 36.0 Å². The van der Waals surface area contributed by atoms with Crippen molar-refractivity contribution in [3.63, 3.8) is 0 Å². The molecule has 0 unspecified atom stereocenters. The molecule has 4 rings (SSSR count). The van der Waals surface area contributed by atoms with E-state index in [4.69, 9.17) is 0 Å². The minimum atomic E-state index is 0.106. The minimum Gasteiger partial charge on any atom is -0.334 e. The molecule has 6 heteroatoms. The predicted molar refractivity (Wildman–Crippen MR) is 96.1 cm³/mol. The average molecular weight is 339 g/mol. The highest BCUT2D eigenvalue weighted by Crippen LogP contribution is 2.31. The van der Waals surface area contributed by atoms with E-state index in [2.05, 4.69) is 26.9 Å². The summed E-state index contributed by atoms with van der Waals surface area (Å²) >= 11 is 0. The number of hydrogen-bond acceptors (Lipinski definition) is 4. The maximum atomic E-state index is 13.4. The molecule has 0 saturated carbocycles. The number of hydrogen-bond donors (Lipinski definition) is 0. The predicted octanol–water partition coefficient (Wildman–Crippen LogP) is 2.18. The van der Waals surface area contributed by atoms with Crippen LogP contribution >= 0.6 is 0 Å². The molecule has 1 amide bonds. The van der Waals surface area contributed by atoms with Crippen molar-refractivity contribution in [3.8, 4) is 11.3 Å². The second-order valence-electron chi connectivity index (χ2n) is 7.21. The largest absolute Gasteiger partial charge is 0.334 e. The maximum absolute atomic E-state index is 13.4. The number of rotatable bonds is 3. The van der Waals surface area contributed by atoms with Gasteiger partial charge in [0.15, 0.2) is 0 Å². The number of nitrogens with zero attached hydrogens (tertiary/aromatic N) is 5. The fourth-order valence-electron chi connectivity index (χ4n) is 4.38. The third-order valence-electron chi connectivity index (χ3n) is 5.58.